The highest BCUT2D eigenvalue weighted by Gasteiger charge is 2.56. The predicted octanol–water partition coefficient (Wildman–Crippen LogP) is 5.19. The molecule has 5 atom stereocenters. The Balaban J connectivity index is 1.66. The van der Waals surface area contributed by atoms with Crippen molar-refractivity contribution in [1.29, 1.82) is 0 Å². The number of fused-ring (bicyclic) bond motifs is 5. The molecule has 0 bridgehead atoms. The van der Waals surface area contributed by atoms with Crippen molar-refractivity contribution in [3.63, 3.8) is 0 Å². The number of rotatable bonds is 5. The van der Waals surface area contributed by atoms with E-state index in [9.17, 15) is 9.59 Å². The third kappa shape index (κ3) is 3.72. The first-order chi connectivity index (χ1) is 14.3. The molecule has 0 heterocycles. The highest BCUT2D eigenvalue weighted by atomic mass is 16.5. The van der Waals surface area contributed by atoms with Gasteiger partial charge >= 0.3 is 11.9 Å². The van der Waals surface area contributed by atoms with Gasteiger partial charge in [-0.1, -0.05) is 13.8 Å². The lowest BCUT2D eigenvalue weighted by molar-refractivity contribution is -0.154. The SMILES string of the molecule is CCCOc1cc2c(c(OC(C)=O)c1)[C@H]1CC[C@]3(C)[C@@H](OC(C)=O)CC[C@H]3[C@@H]1CC2. The smallest absolute Gasteiger partial charge is 0.308 e. The van der Waals surface area contributed by atoms with E-state index in [-0.39, 0.29) is 23.5 Å². The minimum Gasteiger partial charge on any atom is -0.493 e. The summed E-state index contributed by atoms with van der Waals surface area (Å²) < 4.78 is 17.3. The minimum atomic E-state index is -0.289. The maximum atomic E-state index is 11.9. The second-order valence-electron chi connectivity index (χ2n) is 9.57. The molecule has 1 aromatic rings. The third-order valence-corrected chi connectivity index (χ3v) is 7.70. The second kappa shape index (κ2) is 8.24. The Morgan fingerprint density at radius 2 is 1.90 bits per heavy atom. The van der Waals surface area contributed by atoms with Gasteiger partial charge in [-0.3, -0.25) is 9.59 Å². The molecule has 3 aliphatic rings. The fraction of sp³-hybridized carbons (Fsp3) is 0.680. The molecule has 3 aliphatic carbocycles. The molecule has 164 valence electrons. The Morgan fingerprint density at radius 1 is 1.10 bits per heavy atom. The van der Waals surface area contributed by atoms with Crippen LogP contribution in [-0.4, -0.2) is 24.6 Å². The van der Waals surface area contributed by atoms with Crippen LogP contribution in [0.3, 0.4) is 0 Å². The number of carbonyl (C=O) groups is 2. The normalized spacial score (nSPS) is 31.9. The molecule has 1 aromatic carbocycles. The van der Waals surface area contributed by atoms with Gasteiger partial charge in [0, 0.05) is 30.9 Å². The fourth-order valence-corrected chi connectivity index (χ4v) is 6.54. The molecule has 0 spiro atoms. The monoisotopic (exact) mass is 414 g/mol. The van der Waals surface area contributed by atoms with Gasteiger partial charge < -0.3 is 14.2 Å². The molecule has 2 fully saturated rings. The molecule has 5 heteroatoms. The Labute approximate surface area is 179 Å². The Hall–Kier alpha value is -2.04. The topological polar surface area (TPSA) is 61.8 Å². The van der Waals surface area contributed by atoms with Crippen LogP contribution in [0.25, 0.3) is 0 Å². The number of hydrogen-bond acceptors (Lipinski definition) is 5. The van der Waals surface area contributed by atoms with Crippen molar-refractivity contribution < 1.29 is 23.8 Å². The van der Waals surface area contributed by atoms with E-state index in [2.05, 4.69) is 19.9 Å². The van der Waals surface area contributed by atoms with E-state index in [0.29, 0.717) is 30.1 Å². The summed E-state index contributed by atoms with van der Waals surface area (Å²) in [6, 6.07) is 4.06. The molecular formula is C25H34O5. The fourth-order valence-electron chi connectivity index (χ4n) is 6.54. The molecule has 0 radical (unpaired) electrons. The van der Waals surface area contributed by atoms with Crippen LogP contribution in [0.1, 0.15) is 83.3 Å². The van der Waals surface area contributed by atoms with Crippen LogP contribution in [0, 0.1) is 17.3 Å². The highest BCUT2D eigenvalue weighted by Crippen LogP contribution is 2.62. The summed E-state index contributed by atoms with van der Waals surface area (Å²) in [7, 11) is 0. The van der Waals surface area contributed by atoms with Crippen LogP contribution in [-0.2, 0) is 20.7 Å². The van der Waals surface area contributed by atoms with Crippen LogP contribution in [0.15, 0.2) is 12.1 Å². The van der Waals surface area contributed by atoms with E-state index < -0.39 is 0 Å². The summed E-state index contributed by atoms with van der Waals surface area (Å²) >= 11 is 0. The maximum Gasteiger partial charge on any atom is 0.308 e. The van der Waals surface area contributed by atoms with E-state index >= 15 is 0 Å². The van der Waals surface area contributed by atoms with E-state index in [1.165, 1.54) is 25.0 Å². The molecule has 30 heavy (non-hydrogen) atoms. The van der Waals surface area contributed by atoms with Crippen molar-refractivity contribution in [2.45, 2.75) is 84.7 Å². The minimum absolute atomic E-state index is 0.0279. The largest absolute Gasteiger partial charge is 0.493 e. The number of carbonyl (C=O) groups excluding carboxylic acids is 2. The van der Waals surface area contributed by atoms with E-state index in [1.54, 1.807) is 0 Å². The Morgan fingerprint density at radius 3 is 2.60 bits per heavy atom. The summed E-state index contributed by atoms with van der Waals surface area (Å²) in [5, 5.41) is 0. The van der Waals surface area contributed by atoms with Crippen LogP contribution in [0.4, 0.5) is 0 Å². The van der Waals surface area contributed by atoms with Gasteiger partial charge in [0.05, 0.1) is 6.61 Å². The standard InChI is InChI=1S/C25H34O5/c1-5-12-28-18-13-17-6-7-19-20(24(17)22(14-18)29-15(2)26)10-11-25(4)21(19)8-9-23(25)30-16(3)27/h13-14,19-21,23H,5-12H2,1-4H3/t19-,20+,21+,23+,25+/m1/s1. The van der Waals surface area contributed by atoms with Crippen molar-refractivity contribution >= 4 is 11.9 Å². The van der Waals surface area contributed by atoms with Gasteiger partial charge in [0.1, 0.15) is 17.6 Å². The molecule has 0 saturated heterocycles. The summed E-state index contributed by atoms with van der Waals surface area (Å²) in [5.41, 5.74) is 2.53. The zero-order chi connectivity index (χ0) is 21.5. The van der Waals surface area contributed by atoms with Crippen LogP contribution in [0.2, 0.25) is 0 Å². The maximum absolute atomic E-state index is 11.9. The lowest BCUT2D eigenvalue weighted by Gasteiger charge is -2.50. The van der Waals surface area contributed by atoms with Gasteiger partial charge in [0.25, 0.3) is 0 Å². The van der Waals surface area contributed by atoms with Gasteiger partial charge in [-0.2, -0.15) is 0 Å². The van der Waals surface area contributed by atoms with Crippen LogP contribution in [0.5, 0.6) is 11.5 Å². The Bertz CT molecular complexity index is 831. The van der Waals surface area contributed by atoms with Gasteiger partial charge in [-0.05, 0) is 74.3 Å². The second-order valence-corrected chi connectivity index (χ2v) is 9.57. The number of benzene rings is 1. The number of hydrogen-bond donors (Lipinski definition) is 0. The molecule has 0 aromatic heterocycles. The zero-order valence-electron chi connectivity index (χ0n) is 18.7. The van der Waals surface area contributed by atoms with Gasteiger partial charge in [-0.25, -0.2) is 0 Å². The van der Waals surface area contributed by atoms with Crippen LogP contribution < -0.4 is 9.47 Å². The van der Waals surface area contributed by atoms with Crippen molar-refractivity contribution in [3.05, 3.63) is 23.3 Å². The zero-order valence-corrected chi connectivity index (χ0v) is 18.7. The summed E-state index contributed by atoms with van der Waals surface area (Å²) in [4.78, 5) is 23.5. The molecule has 0 N–H and O–H groups in total. The van der Waals surface area contributed by atoms with Crippen molar-refractivity contribution in [1.82, 2.24) is 0 Å². The van der Waals surface area contributed by atoms with E-state index in [4.69, 9.17) is 14.2 Å². The van der Waals surface area contributed by atoms with Gasteiger partial charge in [0.15, 0.2) is 0 Å². The van der Waals surface area contributed by atoms with Crippen LogP contribution >= 0.6 is 0 Å². The van der Waals surface area contributed by atoms with Crippen molar-refractivity contribution in [2.75, 3.05) is 6.61 Å². The molecular weight excluding hydrogens is 380 g/mol. The van der Waals surface area contributed by atoms with Crippen molar-refractivity contribution in [3.8, 4) is 11.5 Å². The lowest BCUT2D eigenvalue weighted by atomic mass is 9.55. The first kappa shape index (κ1) is 21.2. The van der Waals surface area contributed by atoms with Gasteiger partial charge in [-0.15, -0.1) is 0 Å². The first-order valence-corrected chi connectivity index (χ1v) is 11.5. The molecule has 0 amide bonds. The lowest BCUT2D eigenvalue weighted by Crippen LogP contribution is -2.45. The van der Waals surface area contributed by atoms with E-state index in [0.717, 1.165) is 50.7 Å². The Kier molecular flexibility index (Phi) is 5.82. The third-order valence-electron chi connectivity index (χ3n) is 7.70. The average molecular weight is 415 g/mol. The van der Waals surface area contributed by atoms with Crippen molar-refractivity contribution in [2.24, 2.45) is 17.3 Å². The molecule has 0 unspecified atom stereocenters. The summed E-state index contributed by atoms with van der Waals surface area (Å²) in [5.74, 6) is 2.47. The highest BCUT2D eigenvalue weighted by molar-refractivity contribution is 5.71. The number of esters is 2. The molecule has 2 saturated carbocycles. The number of ether oxygens (including phenoxy) is 3. The number of aryl methyl sites for hydroxylation is 1. The molecule has 4 rings (SSSR count). The first-order valence-electron chi connectivity index (χ1n) is 11.5. The predicted molar refractivity (Wildman–Crippen MR) is 114 cm³/mol. The average Bonchev–Trinajstić information content (AvgIpc) is 3.01. The summed E-state index contributed by atoms with van der Waals surface area (Å²) in [6.45, 7) is 8.04. The molecule has 5 nitrogen and oxygen atoms in total. The van der Waals surface area contributed by atoms with Gasteiger partial charge in [0.2, 0.25) is 0 Å². The quantitative estimate of drug-likeness (QED) is 0.490. The summed E-state index contributed by atoms with van der Waals surface area (Å²) in [6.07, 6.45) is 7.19. The molecule has 0 aliphatic heterocycles. The van der Waals surface area contributed by atoms with E-state index in [1.807, 2.05) is 6.07 Å².